The molecule has 1 aromatic heterocycles. The quantitative estimate of drug-likeness (QED) is 0.795. The van der Waals surface area contributed by atoms with E-state index < -0.39 is 0 Å². The van der Waals surface area contributed by atoms with Crippen LogP contribution in [0, 0.1) is 11.3 Å². The normalized spacial score (nSPS) is 27.5. The zero-order chi connectivity index (χ0) is 12.3. The van der Waals surface area contributed by atoms with Crippen molar-refractivity contribution in [1.82, 2.24) is 14.9 Å². The molecule has 2 rings (SSSR count). The van der Waals surface area contributed by atoms with Crippen LogP contribution in [-0.2, 0) is 6.54 Å². The van der Waals surface area contributed by atoms with Crippen LogP contribution in [0.5, 0.6) is 0 Å². The Morgan fingerprint density at radius 2 is 2.24 bits per heavy atom. The van der Waals surface area contributed by atoms with Crippen molar-refractivity contribution in [1.29, 1.82) is 0 Å². The second kappa shape index (κ2) is 5.21. The molecule has 0 radical (unpaired) electrons. The highest BCUT2D eigenvalue weighted by molar-refractivity contribution is 4.91. The fraction of sp³-hybridized carbons (Fsp3) is 0.786. The van der Waals surface area contributed by atoms with Gasteiger partial charge in [-0.05, 0) is 37.1 Å². The molecule has 0 bridgehead atoms. The van der Waals surface area contributed by atoms with Gasteiger partial charge in [0.25, 0.3) is 0 Å². The zero-order valence-electron chi connectivity index (χ0n) is 11.3. The van der Waals surface area contributed by atoms with Crippen LogP contribution >= 0.6 is 0 Å². The van der Waals surface area contributed by atoms with E-state index in [0.717, 1.165) is 19.0 Å². The Kier molecular flexibility index (Phi) is 3.87. The molecule has 1 saturated carbocycles. The molecule has 2 unspecified atom stereocenters. The van der Waals surface area contributed by atoms with Crippen molar-refractivity contribution in [3.63, 3.8) is 0 Å². The van der Waals surface area contributed by atoms with E-state index in [1.165, 1.54) is 19.3 Å². The molecule has 0 aliphatic heterocycles. The van der Waals surface area contributed by atoms with Crippen molar-refractivity contribution in [2.24, 2.45) is 11.3 Å². The summed E-state index contributed by atoms with van der Waals surface area (Å²) in [5.74, 6) is 0.818. The Morgan fingerprint density at radius 3 is 2.82 bits per heavy atom. The number of imidazole rings is 1. The van der Waals surface area contributed by atoms with Crippen LogP contribution in [0.25, 0.3) is 0 Å². The van der Waals surface area contributed by atoms with E-state index in [4.69, 9.17) is 0 Å². The molecular formula is C14H25N3. The summed E-state index contributed by atoms with van der Waals surface area (Å²) in [7, 11) is 0. The fourth-order valence-electron chi connectivity index (χ4n) is 3.14. The van der Waals surface area contributed by atoms with E-state index in [2.05, 4.69) is 35.6 Å². The Bertz CT molecular complexity index is 329. The van der Waals surface area contributed by atoms with E-state index in [9.17, 15) is 0 Å². The summed E-state index contributed by atoms with van der Waals surface area (Å²) in [5, 5.41) is 3.72. The monoisotopic (exact) mass is 235 g/mol. The SMILES string of the molecule is CC1CC(C)(C)CC1NCCCn1ccnc1. The van der Waals surface area contributed by atoms with Gasteiger partial charge in [0, 0.05) is 25.0 Å². The predicted octanol–water partition coefficient (Wildman–Crippen LogP) is 2.69. The molecule has 1 heterocycles. The van der Waals surface area contributed by atoms with Crippen LogP contribution in [-0.4, -0.2) is 22.1 Å². The number of aryl methyl sites for hydroxylation is 1. The van der Waals surface area contributed by atoms with Crippen molar-refractivity contribution in [3.8, 4) is 0 Å². The lowest BCUT2D eigenvalue weighted by Crippen LogP contribution is -2.32. The first-order valence-corrected chi connectivity index (χ1v) is 6.76. The molecule has 0 aromatic carbocycles. The van der Waals surface area contributed by atoms with Crippen LogP contribution in [0.2, 0.25) is 0 Å². The minimum atomic E-state index is 0.529. The molecule has 3 nitrogen and oxygen atoms in total. The van der Waals surface area contributed by atoms with Crippen molar-refractivity contribution >= 4 is 0 Å². The molecule has 1 aliphatic carbocycles. The Labute approximate surface area is 105 Å². The van der Waals surface area contributed by atoms with Crippen LogP contribution in [0.3, 0.4) is 0 Å². The van der Waals surface area contributed by atoms with Crippen molar-refractivity contribution in [2.75, 3.05) is 6.54 Å². The molecule has 1 fully saturated rings. The number of nitrogens with one attached hydrogen (secondary N) is 1. The topological polar surface area (TPSA) is 29.9 Å². The van der Waals surface area contributed by atoms with Gasteiger partial charge in [0.15, 0.2) is 0 Å². The van der Waals surface area contributed by atoms with E-state index in [0.29, 0.717) is 11.5 Å². The molecule has 0 spiro atoms. The minimum Gasteiger partial charge on any atom is -0.337 e. The minimum absolute atomic E-state index is 0.529. The smallest absolute Gasteiger partial charge is 0.0945 e. The molecule has 1 N–H and O–H groups in total. The molecule has 0 amide bonds. The third-order valence-corrected chi connectivity index (χ3v) is 3.89. The van der Waals surface area contributed by atoms with Gasteiger partial charge in [0.05, 0.1) is 6.33 Å². The van der Waals surface area contributed by atoms with Gasteiger partial charge in [0.1, 0.15) is 0 Å². The Morgan fingerprint density at radius 1 is 1.41 bits per heavy atom. The first-order chi connectivity index (χ1) is 8.07. The molecule has 0 saturated heterocycles. The number of aromatic nitrogens is 2. The average molecular weight is 235 g/mol. The molecule has 3 heteroatoms. The van der Waals surface area contributed by atoms with Gasteiger partial charge in [-0.25, -0.2) is 4.98 Å². The van der Waals surface area contributed by atoms with E-state index in [1.807, 2.05) is 18.7 Å². The lowest BCUT2D eigenvalue weighted by atomic mass is 9.91. The molecule has 2 atom stereocenters. The number of rotatable bonds is 5. The second-order valence-corrected chi connectivity index (χ2v) is 6.26. The van der Waals surface area contributed by atoms with Gasteiger partial charge in [-0.15, -0.1) is 0 Å². The summed E-state index contributed by atoms with van der Waals surface area (Å²) >= 11 is 0. The largest absolute Gasteiger partial charge is 0.337 e. The highest BCUT2D eigenvalue weighted by Gasteiger charge is 2.35. The van der Waals surface area contributed by atoms with E-state index >= 15 is 0 Å². The van der Waals surface area contributed by atoms with Gasteiger partial charge in [-0.3, -0.25) is 0 Å². The lowest BCUT2D eigenvalue weighted by Gasteiger charge is -2.18. The standard InChI is InChI=1S/C14H25N3/c1-12-9-14(2,3)10-13(12)16-5-4-7-17-8-6-15-11-17/h6,8,11-13,16H,4-5,7,9-10H2,1-3H3. The predicted molar refractivity (Wildman–Crippen MR) is 70.8 cm³/mol. The summed E-state index contributed by atoms with van der Waals surface area (Å²) in [4.78, 5) is 4.05. The highest BCUT2D eigenvalue weighted by atomic mass is 15.0. The summed E-state index contributed by atoms with van der Waals surface area (Å²) < 4.78 is 2.14. The number of hydrogen-bond donors (Lipinski definition) is 1. The van der Waals surface area contributed by atoms with Crippen LogP contribution in [0.1, 0.15) is 40.0 Å². The molecular weight excluding hydrogens is 210 g/mol. The molecule has 1 aromatic rings. The third kappa shape index (κ3) is 3.56. The average Bonchev–Trinajstić information content (AvgIpc) is 2.81. The van der Waals surface area contributed by atoms with E-state index in [-0.39, 0.29) is 0 Å². The van der Waals surface area contributed by atoms with Crippen LogP contribution < -0.4 is 5.32 Å². The Hall–Kier alpha value is -0.830. The summed E-state index contributed by atoms with van der Waals surface area (Å²) in [6, 6.07) is 0.716. The maximum atomic E-state index is 4.05. The number of nitrogens with zero attached hydrogens (tertiary/aromatic N) is 2. The first kappa shape index (κ1) is 12.6. The summed E-state index contributed by atoms with van der Waals surface area (Å²) in [6.45, 7) is 9.33. The molecule has 96 valence electrons. The van der Waals surface area contributed by atoms with Gasteiger partial charge in [-0.1, -0.05) is 20.8 Å². The van der Waals surface area contributed by atoms with Crippen molar-refractivity contribution in [2.45, 2.75) is 52.6 Å². The summed E-state index contributed by atoms with van der Waals surface area (Å²) in [5.41, 5.74) is 0.529. The Balaban J connectivity index is 1.66. The van der Waals surface area contributed by atoms with Gasteiger partial charge in [-0.2, -0.15) is 0 Å². The van der Waals surface area contributed by atoms with E-state index in [1.54, 1.807) is 0 Å². The van der Waals surface area contributed by atoms with Crippen molar-refractivity contribution in [3.05, 3.63) is 18.7 Å². The zero-order valence-corrected chi connectivity index (χ0v) is 11.3. The fourth-order valence-corrected chi connectivity index (χ4v) is 3.14. The first-order valence-electron chi connectivity index (χ1n) is 6.76. The van der Waals surface area contributed by atoms with Crippen LogP contribution in [0.4, 0.5) is 0 Å². The second-order valence-electron chi connectivity index (χ2n) is 6.26. The maximum absolute atomic E-state index is 4.05. The van der Waals surface area contributed by atoms with Crippen molar-refractivity contribution < 1.29 is 0 Å². The van der Waals surface area contributed by atoms with Gasteiger partial charge < -0.3 is 9.88 Å². The maximum Gasteiger partial charge on any atom is 0.0945 e. The third-order valence-electron chi connectivity index (χ3n) is 3.89. The molecule has 17 heavy (non-hydrogen) atoms. The van der Waals surface area contributed by atoms with Gasteiger partial charge >= 0.3 is 0 Å². The highest BCUT2D eigenvalue weighted by Crippen LogP contribution is 2.40. The van der Waals surface area contributed by atoms with Gasteiger partial charge in [0.2, 0.25) is 0 Å². The summed E-state index contributed by atoms with van der Waals surface area (Å²) in [6.07, 6.45) is 9.61. The number of hydrogen-bond acceptors (Lipinski definition) is 2. The lowest BCUT2D eigenvalue weighted by molar-refractivity contribution is 0.361. The molecule has 1 aliphatic rings. The van der Waals surface area contributed by atoms with Crippen LogP contribution in [0.15, 0.2) is 18.7 Å².